The first kappa shape index (κ1) is 25.4. The number of ether oxygens (including phenoxy) is 2. The van der Waals surface area contributed by atoms with Crippen molar-refractivity contribution in [3.8, 4) is 11.5 Å². The Morgan fingerprint density at radius 3 is 2.63 bits per heavy atom. The summed E-state index contributed by atoms with van der Waals surface area (Å²) in [7, 11) is 5.57. The molecule has 1 saturated heterocycles. The second-order valence-electron chi connectivity index (χ2n) is 10.3. The number of unbranched alkanes of at least 4 members (excludes halogenated alkanes) is 1. The van der Waals surface area contributed by atoms with Crippen molar-refractivity contribution in [2.24, 2.45) is 0 Å². The Balaban J connectivity index is 1.43. The number of nitrogens with one attached hydrogen (secondary N) is 2. The minimum absolute atomic E-state index is 0.0772. The molecule has 0 spiro atoms. The SMILES string of the molecule is CCCCc1ccc(NC(=O)NC2CCC3(c4ccc(OC)c(OC)c4)CCN(C)C3C2)c(C)c1. The van der Waals surface area contributed by atoms with E-state index >= 15 is 0 Å². The average Bonchev–Trinajstić information content (AvgIpc) is 3.20. The number of hydrogen-bond acceptors (Lipinski definition) is 4. The lowest BCUT2D eigenvalue weighted by Gasteiger charge is -2.45. The number of hydrogen-bond donors (Lipinski definition) is 2. The molecule has 2 aromatic carbocycles. The number of urea groups is 1. The van der Waals surface area contributed by atoms with E-state index in [9.17, 15) is 4.79 Å². The number of amides is 2. The molecular formula is C29H41N3O3. The predicted octanol–water partition coefficient (Wildman–Crippen LogP) is 5.67. The van der Waals surface area contributed by atoms with Gasteiger partial charge in [0.15, 0.2) is 11.5 Å². The van der Waals surface area contributed by atoms with Gasteiger partial charge in [-0.25, -0.2) is 4.79 Å². The van der Waals surface area contributed by atoms with E-state index in [1.54, 1.807) is 14.2 Å². The molecule has 6 heteroatoms. The topological polar surface area (TPSA) is 62.8 Å². The Labute approximate surface area is 210 Å². The third-order valence-electron chi connectivity index (χ3n) is 8.18. The van der Waals surface area contributed by atoms with Crippen LogP contribution in [0.2, 0.25) is 0 Å². The molecule has 2 aromatic rings. The first-order valence-electron chi connectivity index (χ1n) is 13.0. The molecule has 3 unspecified atom stereocenters. The summed E-state index contributed by atoms with van der Waals surface area (Å²) < 4.78 is 11.1. The number of nitrogens with zero attached hydrogens (tertiary/aromatic N) is 1. The number of anilines is 1. The summed E-state index contributed by atoms with van der Waals surface area (Å²) >= 11 is 0. The number of likely N-dealkylation sites (tertiary alicyclic amines) is 1. The van der Waals surface area contributed by atoms with Gasteiger partial charge < -0.3 is 25.0 Å². The summed E-state index contributed by atoms with van der Waals surface area (Å²) in [4.78, 5) is 15.4. The molecule has 1 saturated carbocycles. The second-order valence-corrected chi connectivity index (χ2v) is 10.3. The van der Waals surface area contributed by atoms with E-state index in [2.05, 4.69) is 60.7 Å². The quantitative estimate of drug-likeness (QED) is 0.512. The number of carbonyl (C=O) groups excluding carboxylic acids is 1. The standard InChI is InChI=1S/C29H41N3O3/c1-6-7-8-21-9-11-24(20(2)17-21)31-28(33)30-23-13-14-29(15-16-32(3)27(29)19-23)22-10-12-25(34-4)26(18-22)35-5/h9-12,17-18,23,27H,6-8,13-16,19H2,1-5H3,(H2,30,31,33). The van der Waals surface area contributed by atoms with Gasteiger partial charge in [-0.2, -0.15) is 0 Å². The lowest BCUT2D eigenvalue weighted by molar-refractivity contribution is 0.156. The fraction of sp³-hybridized carbons (Fsp3) is 0.552. The zero-order valence-electron chi connectivity index (χ0n) is 21.9. The lowest BCUT2D eigenvalue weighted by atomic mass is 9.65. The van der Waals surface area contributed by atoms with Crippen LogP contribution in [0.3, 0.4) is 0 Å². The predicted molar refractivity (Wildman–Crippen MR) is 142 cm³/mol. The van der Waals surface area contributed by atoms with Gasteiger partial charge in [0.1, 0.15) is 0 Å². The summed E-state index contributed by atoms with van der Waals surface area (Å²) in [6.45, 7) is 5.33. The van der Waals surface area contributed by atoms with Gasteiger partial charge in [-0.3, -0.25) is 0 Å². The van der Waals surface area contributed by atoms with Crippen molar-refractivity contribution in [2.45, 2.75) is 76.3 Å². The van der Waals surface area contributed by atoms with Gasteiger partial charge in [-0.1, -0.05) is 31.5 Å². The fourth-order valence-electron chi connectivity index (χ4n) is 6.14. The molecule has 3 atom stereocenters. The normalized spacial score (nSPS) is 24.0. The van der Waals surface area contributed by atoms with E-state index in [0.717, 1.165) is 61.4 Å². The van der Waals surface area contributed by atoms with Gasteiger partial charge in [0.2, 0.25) is 0 Å². The third-order valence-corrected chi connectivity index (χ3v) is 8.18. The molecule has 0 radical (unpaired) electrons. The molecule has 2 fully saturated rings. The number of methoxy groups -OCH3 is 2. The van der Waals surface area contributed by atoms with Crippen LogP contribution in [0.5, 0.6) is 11.5 Å². The molecule has 35 heavy (non-hydrogen) atoms. The van der Waals surface area contributed by atoms with Crippen LogP contribution in [0.15, 0.2) is 36.4 Å². The second kappa shape index (κ2) is 10.9. The highest BCUT2D eigenvalue weighted by Crippen LogP contribution is 2.49. The van der Waals surface area contributed by atoms with Crippen LogP contribution in [0.1, 0.15) is 62.1 Å². The first-order chi connectivity index (χ1) is 16.9. The minimum Gasteiger partial charge on any atom is -0.493 e. The number of aryl methyl sites for hydroxylation is 2. The average molecular weight is 480 g/mol. The number of likely N-dealkylation sites (N-methyl/N-ethyl adjacent to an activating group) is 1. The molecule has 6 nitrogen and oxygen atoms in total. The van der Waals surface area contributed by atoms with Gasteiger partial charge in [0.25, 0.3) is 0 Å². The Kier molecular flexibility index (Phi) is 7.90. The molecule has 4 rings (SSSR count). The molecule has 2 amide bonds. The largest absolute Gasteiger partial charge is 0.493 e. The highest BCUT2D eigenvalue weighted by atomic mass is 16.5. The monoisotopic (exact) mass is 479 g/mol. The molecule has 190 valence electrons. The summed E-state index contributed by atoms with van der Waals surface area (Å²) in [6, 6.07) is 13.1. The van der Waals surface area contributed by atoms with Crippen molar-refractivity contribution in [3.05, 3.63) is 53.1 Å². The minimum atomic E-state index is -0.112. The molecule has 0 bridgehead atoms. The van der Waals surface area contributed by atoms with Gasteiger partial charge in [-0.05, 0) is 93.9 Å². The van der Waals surface area contributed by atoms with Crippen LogP contribution in [-0.2, 0) is 11.8 Å². The van der Waals surface area contributed by atoms with E-state index < -0.39 is 0 Å². The maximum atomic E-state index is 12.9. The molecule has 2 aliphatic rings. The Morgan fingerprint density at radius 1 is 1.11 bits per heavy atom. The van der Waals surface area contributed by atoms with Crippen molar-refractivity contribution in [2.75, 3.05) is 33.1 Å². The summed E-state index contributed by atoms with van der Waals surface area (Å²) in [5, 5.41) is 6.35. The van der Waals surface area contributed by atoms with Gasteiger partial charge >= 0.3 is 6.03 Å². The maximum absolute atomic E-state index is 12.9. The van der Waals surface area contributed by atoms with Crippen molar-refractivity contribution in [3.63, 3.8) is 0 Å². The Morgan fingerprint density at radius 2 is 1.91 bits per heavy atom. The van der Waals surface area contributed by atoms with Gasteiger partial charge in [-0.15, -0.1) is 0 Å². The zero-order valence-corrected chi connectivity index (χ0v) is 21.9. The number of fused-ring (bicyclic) bond motifs is 1. The zero-order chi connectivity index (χ0) is 25.0. The van der Waals surface area contributed by atoms with Crippen molar-refractivity contribution < 1.29 is 14.3 Å². The fourth-order valence-corrected chi connectivity index (χ4v) is 6.14. The Hall–Kier alpha value is -2.73. The summed E-state index contributed by atoms with van der Waals surface area (Å²) in [6.07, 6.45) is 7.51. The van der Waals surface area contributed by atoms with Crippen LogP contribution < -0.4 is 20.1 Å². The van der Waals surface area contributed by atoms with E-state index in [4.69, 9.17) is 9.47 Å². The van der Waals surface area contributed by atoms with Gasteiger partial charge in [0.05, 0.1) is 14.2 Å². The first-order valence-corrected chi connectivity index (χ1v) is 13.0. The lowest BCUT2D eigenvalue weighted by Crippen LogP contribution is -2.52. The van der Waals surface area contributed by atoms with E-state index in [-0.39, 0.29) is 17.5 Å². The van der Waals surface area contributed by atoms with E-state index in [1.807, 2.05) is 12.1 Å². The molecule has 0 aromatic heterocycles. The molecular weight excluding hydrogens is 438 g/mol. The molecule has 1 aliphatic heterocycles. The summed E-state index contributed by atoms with van der Waals surface area (Å²) in [5.41, 5.74) is 4.72. The van der Waals surface area contributed by atoms with Gasteiger partial charge in [0, 0.05) is 23.2 Å². The van der Waals surface area contributed by atoms with E-state index in [1.165, 1.54) is 24.0 Å². The van der Waals surface area contributed by atoms with Crippen LogP contribution in [0, 0.1) is 6.92 Å². The number of rotatable bonds is 8. The van der Waals surface area contributed by atoms with Crippen LogP contribution in [0.25, 0.3) is 0 Å². The smallest absolute Gasteiger partial charge is 0.319 e. The maximum Gasteiger partial charge on any atom is 0.319 e. The molecule has 2 N–H and O–H groups in total. The van der Waals surface area contributed by atoms with Crippen molar-refractivity contribution in [1.29, 1.82) is 0 Å². The van der Waals surface area contributed by atoms with Crippen LogP contribution in [-0.4, -0.2) is 50.8 Å². The van der Waals surface area contributed by atoms with Crippen molar-refractivity contribution >= 4 is 11.7 Å². The highest BCUT2D eigenvalue weighted by Gasteiger charge is 2.50. The van der Waals surface area contributed by atoms with Crippen LogP contribution in [0.4, 0.5) is 10.5 Å². The number of carbonyl (C=O) groups is 1. The van der Waals surface area contributed by atoms with Crippen molar-refractivity contribution in [1.82, 2.24) is 10.2 Å². The number of benzene rings is 2. The highest BCUT2D eigenvalue weighted by molar-refractivity contribution is 5.90. The molecule has 1 heterocycles. The van der Waals surface area contributed by atoms with Crippen LogP contribution >= 0.6 is 0 Å². The third kappa shape index (κ3) is 5.27. The summed E-state index contributed by atoms with van der Waals surface area (Å²) in [5.74, 6) is 1.54. The Bertz CT molecular complexity index is 1040. The molecule has 1 aliphatic carbocycles. The van der Waals surface area contributed by atoms with E-state index in [0.29, 0.717) is 6.04 Å².